The molecule has 4 heteroatoms. The summed E-state index contributed by atoms with van der Waals surface area (Å²) in [6, 6.07) is 25.0. The number of nitrogens with one attached hydrogen (secondary N) is 2. The summed E-state index contributed by atoms with van der Waals surface area (Å²) in [6.07, 6.45) is 1.70. The average molecular weight is 384 g/mol. The summed E-state index contributed by atoms with van der Waals surface area (Å²) >= 11 is 0. The van der Waals surface area contributed by atoms with Gasteiger partial charge in [0.15, 0.2) is 0 Å². The SMILES string of the molecule is CC1CC1C(=O)Nc1ccc(C(=O)Nc2ccccc2Cc2ccccc2)cc1. The molecule has 1 saturated carbocycles. The fourth-order valence-electron chi connectivity index (χ4n) is 3.43. The molecule has 0 aliphatic heterocycles. The molecular formula is C25H24N2O2. The molecule has 0 spiro atoms. The third kappa shape index (κ3) is 4.72. The smallest absolute Gasteiger partial charge is 0.255 e. The van der Waals surface area contributed by atoms with Crippen LogP contribution < -0.4 is 10.6 Å². The van der Waals surface area contributed by atoms with E-state index < -0.39 is 0 Å². The van der Waals surface area contributed by atoms with Crippen LogP contribution in [0.5, 0.6) is 0 Å². The molecule has 4 rings (SSSR count). The normalized spacial score (nSPS) is 17.4. The van der Waals surface area contributed by atoms with Gasteiger partial charge in [-0.25, -0.2) is 0 Å². The Morgan fingerprint density at radius 3 is 2.21 bits per heavy atom. The van der Waals surface area contributed by atoms with Crippen molar-refractivity contribution in [3.8, 4) is 0 Å². The summed E-state index contributed by atoms with van der Waals surface area (Å²) < 4.78 is 0. The second-order valence-corrected chi connectivity index (χ2v) is 7.66. The molecule has 0 aromatic heterocycles. The molecule has 146 valence electrons. The van der Waals surface area contributed by atoms with Gasteiger partial charge in [0.05, 0.1) is 0 Å². The number of carbonyl (C=O) groups excluding carboxylic acids is 2. The lowest BCUT2D eigenvalue weighted by atomic mass is 10.0. The first-order valence-electron chi connectivity index (χ1n) is 9.94. The molecule has 1 aliphatic rings. The number of amides is 2. The van der Waals surface area contributed by atoms with Crippen LogP contribution in [0.15, 0.2) is 78.9 Å². The largest absolute Gasteiger partial charge is 0.326 e. The van der Waals surface area contributed by atoms with Gasteiger partial charge in [0.2, 0.25) is 5.91 Å². The molecule has 2 atom stereocenters. The maximum Gasteiger partial charge on any atom is 0.255 e. The molecule has 0 radical (unpaired) electrons. The molecule has 1 fully saturated rings. The first-order chi connectivity index (χ1) is 14.1. The minimum absolute atomic E-state index is 0.0598. The van der Waals surface area contributed by atoms with E-state index in [2.05, 4.69) is 29.7 Å². The van der Waals surface area contributed by atoms with Crippen LogP contribution in [0.2, 0.25) is 0 Å². The fraction of sp³-hybridized carbons (Fsp3) is 0.200. The second kappa shape index (κ2) is 8.31. The van der Waals surface area contributed by atoms with E-state index >= 15 is 0 Å². The van der Waals surface area contributed by atoms with Crippen LogP contribution in [0.3, 0.4) is 0 Å². The van der Waals surface area contributed by atoms with Crippen molar-refractivity contribution in [2.24, 2.45) is 11.8 Å². The van der Waals surface area contributed by atoms with E-state index in [0.717, 1.165) is 29.8 Å². The number of para-hydroxylation sites is 1. The summed E-state index contributed by atoms with van der Waals surface area (Å²) in [7, 11) is 0. The van der Waals surface area contributed by atoms with E-state index in [-0.39, 0.29) is 17.7 Å². The molecule has 2 amide bonds. The fourth-order valence-corrected chi connectivity index (χ4v) is 3.43. The van der Waals surface area contributed by atoms with Crippen LogP contribution in [-0.4, -0.2) is 11.8 Å². The van der Waals surface area contributed by atoms with E-state index in [0.29, 0.717) is 11.5 Å². The van der Waals surface area contributed by atoms with Crippen LogP contribution in [0, 0.1) is 11.8 Å². The zero-order valence-corrected chi connectivity index (χ0v) is 16.4. The highest BCUT2D eigenvalue weighted by atomic mass is 16.2. The Morgan fingerprint density at radius 2 is 1.52 bits per heavy atom. The predicted octanol–water partition coefficient (Wildman–Crippen LogP) is 5.12. The van der Waals surface area contributed by atoms with Crippen LogP contribution in [-0.2, 0) is 11.2 Å². The first-order valence-corrected chi connectivity index (χ1v) is 9.94. The first kappa shape index (κ1) is 18.9. The lowest BCUT2D eigenvalue weighted by Crippen LogP contribution is -2.15. The minimum atomic E-state index is -0.167. The third-order valence-corrected chi connectivity index (χ3v) is 5.36. The Kier molecular flexibility index (Phi) is 5.43. The van der Waals surface area contributed by atoms with Gasteiger partial charge in [-0.15, -0.1) is 0 Å². The molecule has 2 N–H and O–H groups in total. The van der Waals surface area contributed by atoms with Crippen LogP contribution >= 0.6 is 0 Å². The quantitative estimate of drug-likeness (QED) is 0.619. The molecule has 3 aromatic rings. The van der Waals surface area contributed by atoms with E-state index in [1.807, 2.05) is 42.5 Å². The number of rotatable bonds is 6. The lowest BCUT2D eigenvalue weighted by molar-refractivity contribution is -0.117. The highest BCUT2D eigenvalue weighted by Crippen LogP contribution is 2.38. The molecule has 2 unspecified atom stereocenters. The number of hydrogen-bond acceptors (Lipinski definition) is 2. The van der Waals surface area contributed by atoms with Gasteiger partial charge in [-0.1, -0.05) is 55.5 Å². The highest BCUT2D eigenvalue weighted by Gasteiger charge is 2.39. The van der Waals surface area contributed by atoms with Crippen LogP contribution in [0.25, 0.3) is 0 Å². The maximum atomic E-state index is 12.7. The van der Waals surface area contributed by atoms with Crippen molar-refractivity contribution in [1.29, 1.82) is 0 Å². The van der Waals surface area contributed by atoms with Crippen LogP contribution in [0.4, 0.5) is 11.4 Å². The number of benzene rings is 3. The van der Waals surface area contributed by atoms with E-state index in [4.69, 9.17) is 0 Å². The zero-order valence-electron chi connectivity index (χ0n) is 16.4. The Morgan fingerprint density at radius 1 is 0.862 bits per heavy atom. The van der Waals surface area contributed by atoms with Gasteiger partial charge in [-0.05, 0) is 60.2 Å². The Hall–Kier alpha value is -3.40. The molecule has 0 bridgehead atoms. The topological polar surface area (TPSA) is 58.2 Å². The van der Waals surface area contributed by atoms with Crippen molar-refractivity contribution in [1.82, 2.24) is 0 Å². The minimum Gasteiger partial charge on any atom is -0.326 e. The van der Waals surface area contributed by atoms with Crippen molar-refractivity contribution in [2.75, 3.05) is 10.6 Å². The summed E-state index contributed by atoms with van der Waals surface area (Å²) in [5.41, 5.74) is 4.34. The van der Waals surface area contributed by atoms with Crippen molar-refractivity contribution in [3.05, 3.63) is 95.6 Å². The van der Waals surface area contributed by atoms with Crippen LogP contribution in [0.1, 0.15) is 34.8 Å². The van der Waals surface area contributed by atoms with Gasteiger partial charge < -0.3 is 10.6 Å². The Balaban J connectivity index is 1.42. The van der Waals surface area contributed by atoms with E-state index in [9.17, 15) is 9.59 Å². The summed E-state index contributed by atoms with van der Waals surface area (Å²) in [6.45, 7) is 2.08. The molecule has 29 heavy (non-hydrogen) atoms. The number of anilines is 2. The van der Waals surface area contributed by atoms with E-state index in [1.165, 1.54) is 5.56 Å². The summed E-state index contributed by atoms with van der Waals surface area (Å²) in [5, 5.41) is 5.93. The summed E-state index contributed by atoms with van der Waals surface area (Å²) in [4.78, 5) is 24.8. The number of carbonyl (C=O) groups is 2. The predicted molar refractivity (Wildman–Crippen MR) is 116 cm³/mol. The van der Waals surface area contributed by atoms with Crippen molar-refractivity contribution in [3.63, 3.8) is 0 Å². The number of hydrogen-bond donors (Lipinski definition) is 2. The molecule has 0 saturated heterocycles. The van der Waals surface area contributed by atoms with Gasteiger partial charge >= 0.3 is 0 Å². The monoisotopic (exact) mass is 384 g/mol. The Bertz CT molecular complexity index is 1010. The standard InChI is InChI=1S/C25H24N2O2/c1-17-15-22(17)25(29)26-21-13-11-19(12-14-21)24(28)27-23-10-6-5-9-20(23)16-18-7-3-2-4-8-18/h2-14,17,22H,15-16H2,1H3,(H,26,29)(H,27,28). The maximum absolute atomic E-state index is 12.7. The van der Waals surface area contributed by atoms with E-state index in [1.54, 1.807) is 24.3 Å². The highest BCUT2D eigenvalue weighted by molar-refractivity contribution is 6.05. The van der Waals surface area contributed by atoms with Gasteiger partial charge in [0, 0.05) is 22.9 Å². The lowest BCUT2D eigenvalue weighted by Gasteiger charge is -2.12. The molecular weight excluding hydrogens is 360 g/mol. The summed E-state index contributed by atoms with van der Waals surface area (Å²) in [5.74, 6) is 0.485. The second-order valence-electron chi connectivity index (χ2n) is 7.66. The van der Waals surface area contributed by atoms with Gasteiger partial charge in [-0.3, -0.25) is 9.59 Å². The molecule has 0 heterocycles. The van der Waals surface area contributed by atoms with Gasteiger partial charge in [0.25, 0.3) is 5.91 Å². The molecule has 4 nitrogen and oxygen atoms in total. The third-order valence-electron chi connectivity index (χ3n) is 5.36. The van der Waals surface area contributed by atoms with Crippen molar-refractivity contribution < 1.29 is 9.59 Å². The van der Waals surface area contributed by atoms with Crippen molar-refractivity contribution >= 4 is 23.2 Å². The van der Waals surface area contributed by atoms with Crippen molar-refractivity contribution in [2.45, 2.75) is 19.8 Å². The molecule has 1 aliphatic carbocycles. The van der Waals surface area contributed by atoms with Gasteiger partial charge in [0.1, 0.15) is 0 Å². The molecule has 3 aromatic carbocycles. The zero-order chi connectivity index (χ0) is 20.2. The van der Waals surface area contributed by atoms with Gasteiger partial charge in [-0.2, -0.15) is 0 Å². The Labute approximate surface area is 171 Å². The average Bonchev–Trinajstić information content (AvgIpc) is 3.47.